The molecule has 1 fully saturated rings. The fourth-order valence-corrected chi connectivity index (χ4v) is 2.62. The summed E-state index contributed by atoms with van der Waals surface area (Å²) in [5.74, 6) is 0.0725. The van der Waals surface area contributed by atoms with Gasteiger partial charge in [0.2, 0.25) is 0 Å². The summed E-state index contributed by atoms with van der Waals surface area (Å²) in [6, 6.07) is 3.94. The molecule has 1 aliphatic carbocycles. The van der Waals surface area contributed by atoms with Gasteiger partial charge in [-0.3, -0.25) is 9.78 Å². The number of hydrogen-bond acceptors (Lipinski definition) is 3. The molecule has 0 amide bonds. The smallest absolute Gasteiger partial charge is 0.310 e. The van der Waals surface area contributed by atoms with Crippen LogP contribution in [-0.4, -0.2) is 16.6 Å². The molecule has 0 spiro atoms. The van der Waals surface area contributed by atoms with Crippen molar-refractivity contribution in [1.82, 2.24) is 4.98 Å². The van der Waals surface area contributed by atoms with Gasteiger partial charge in [0, 0.05) is 18.3 Å². The number of hydrogen-bond donors (Lipinski definition) is 0. The molecule has 1 aromatic rings. The van der Waals surface area contributed by atoms with Crippen molar-refractivity contribution in [2.45, 2.75) is 60.0 Å². The van der Waals surface area contributed by atoms with Gasteiger partial charge >= 0.3 is 5.97 Å². The van der Waals surface area contributed by atoms with Crippen molar-refractivity contribution in [1.29, 1.82) is 0 Å². The average Bonchev–Trinajstić information content (AvgIpc) is 2.94. The Bertz CT molecular complexity index is 446. The molecule has 0 saturated heterocycles. The number of pyridine rings is 1. The highest BCUT2D eigenvalue weighted by Crippen LogP contribution is 2.64. The third kappa shape index (κ3) is 3.59. The molecule has 1 aliphatic rings. The average molecular weight is 277 g/mol. The van der Waals surface area contributed by atoms with Gasteiger partial charge in [-0.2, -0.15) is 0 Å². The first-order valence-electron chi connectivity index (χ1n) is 7.36. The van der Waals surface area contributed by atoms with Gasteiger partial charge in [0.1, 0.15) is 5.60 Å². The first kappa shape index (κ1) is 16.7. The molecular formula is C17H27NO2. The maximum Gasteiger partial charge on any atom is 0.310 e. The van der Waals surface area contributed by atoms with Crippen LogP contribution in [0.15, 0.2) is 24.5 Å². The Balaban J connectivity index is 0.000000956. The van der Waals surface area contributed by atoms with Crippen LogP contribution >= 0.6 is 0 Å². The van der Waals surface area contributed by atoms with Crippen molar-refractivity contribution in [2.75, 3.05) is 0 Å². The van der Waals surface area contributed by atoms with E-state index >= 15 is 0 Å². The first-order valence-corrected chi connectivity index (χ1v) is 7.36. The molecule has 2 rings (SSSR count). The van der Waals surface area contributed by atoms with E-state index in [4.69, 9.17) is 4.74 Å². The molecule has 0 N–H and O–H groups in total. The normalized spacial score (nSPS) is 23.4. The molecule has 112 valence electrons. The van der Waals surface area contributed by atoms with E-state index in [0.717, 1.165) is 5.56 Å². The molecule has 0 bridgehead atoms. The van der Waals surface area contributed by atoms with E-state index < -0.39 is 5.60 Å². The van der Waals surface area contributed by atoms with Crippen molar-refractivity contribution >= 4 is 5.97 Å². The summed E-state index contributed by atoms with van der Waals surface area (Å²) in [4.78, 5) is 16.3. The zero-order chi connectivity index (χ0) is 15.6. The Morgan fingerprint density at radius 3 is 2.35 bits per heavy atom. The Labute approximate surface area is 122 Å². The van der Waals surface area contributed by atoms with E-state index in [2.05, 4.69) is 18.8 Å². The highest BCUT2D eigenvalue weighted by Gasteiger charge is 2.63. The van der Waals surface area contributed by atoms with Crippen molar-refractivity contribution in [3.63, 3.8) is 0 Å². The van der Waals surface area contributed by atoms with Crippen molar-refractivity contribution in [3.05, 3.63) is 30.1 Å². The summed E-state index contributed by atoms with van der Waals surface area (Å²) in [5, 5.41) is 0. The second kappa shape index (κ2) is 5.94. The van der Waals surface area contributed by atoms with E-state index in [9.17, 15) is 4.79 Å². The van der Waals surface area contributed by atoms with Crippen LogP contribution < -0.4 is 0 Å². The minimum absolute atomic E-state index is 0.0363. The summed E-state index contributed by atoms with van der Waals surface area (Å²) >= 11 is 0. The van der Waals surface area contributed by atoms with Crippen molar-refractivity contribution in [3.8, 4) is 0 Å². The summed E-state index contributed by atoms with van der Waals surface area (Å²) in [5.41, 5.74) is 0.666. The minimum Gasteiger partial charge on any atom is -0.460 e. The standard InChI is InChI=1S/C15H21NO2.C2H6/c1-14(2,3)18-13(17)12-11(15(12,4)5)10-7-6-8-16-9-10;1-2/h6-9,11-12H,1-5H3;1-2H3. The lowest BCUT2D eigenvalue weighted by atomic mass is 10.1. The molecule has 1 heterocycles. The van der Waals surface area contributed by atoms with Gasteiger partial charge < -0.3 is 4.74 Å². The number of esters is 1. The lowest BCUT2D eigenvalue weighted by molar-refractivity contribution is -0.157. The van der Waals surface area contributed by atoms with Crippen molar-refractivity contribution in [2.24, 2.45) is 11.3 Å². The third-order valence-electron chi connectivity index (χ3n) is 3.53. The number of carbonyl (C=O) groups is 1. The van der Waals surface area contributed by atoms with Gasteiger partial charge in [-0.15, -0.1) is 0 Å². The monoisotopic (exact) mass is 277 g/mol. The molecule has 20 heavy (non-hydrogen) atoms. The summed E-state index contributed by atoms with van der Waals surface area (Å²) in [7, 11) is 0. The molecule has 1 saturated carbocycles. The summed E-state index contributed by atoms with van der Waals surface area (Å²) in [6.45, 7) is 13.9. The highest BCUT2D eigenvalue weighted by molar-refractivity contribution is 5.79. The molecule has 2 atom stereocenters. The lowest BCUT2D eigenvalue weighted by Gasteiger charge is -2.20. The summed E-state index contributed by atoms with van der Waals surface area (Å²) < 4.78 is 5.49. The zero-order valence-corrected chi connectivity index (χ0v) is 13.7. The van der Waals surface area contributed by atoms with Crippen LogP contribution in [0.3, 0.4) is 0 Å². The van der Waals surface area contributed by atoms with Crippen LogP contribution in [0.4, 0.5) is 0 Å². The molecule has 0 aliphatic heterocycles. The van der Waals surface area contributed by atoms with E-state index in [1.807, 2.05) is 52.9 Å². The van der Waals surface area contributed by atoms with Crippen LogP contribution in [0.5, 0.6) is 0 Å². The van der Waals surface area contributed by atoms with Crippen LogP contribution in [0.25, 0.3) is 0 Å². The SMILES string of the molecule is CC.CC(C)(C)OC(=O)C1C(c2cccnc2)C1(C)C. The topological polar surface area (TPSA) is 39.2 Å². The molecular weight excluding hydrogens is 250 g/mol. The van der Waals surface area contributed by atoms with Gasteiger partial charge in [0.05, 0.1) is 5.92 Å². The van der Waals surface area contributed by atoms with E-state index in [1.54, 1.807) is 6.20 Å². The van der Waals surface area contributed by atoms with Crippen LogP contribution in [0, 0.1) is 11.3 Å². The number of ether oxygens (including phenoxy) is 1. The van der Waals surface area contributed by atoms with Crippen LogP contribution in [0.2, 0.25) is 0 Å². The Morgan fingerprint density at radius 1 is 1.30 bits per heavy atom. The van der Waals surface area contributed by atoms with Gasteiger partial charge in [-0.05, 0) is 37.8 Å². The molecule has 3 heteroatoms. The van der Waals surface area contributed by atoms with E-state index in [-0.39, 0.29) is 23.2 Å². The fraction of sp³-hybridized carbons (Fsp3) is 0.647. The van der Waals surface area contributed by atoms with Crippen LogP contribution in [-0.2, 0) is 9.53 Å². The molecule has 0 radical (unpaired) electrons. The van der Waals surface area contributed by atoms with Crippen LogP contribution in [0.1, 0.15) is 59.9 Å². The van der Waals surface area contributed by atoms with E-state index in [0.29, 0.717) is 0 Å². The van der Waals surface area contributed by atoms with E-state index in [1.165, 1.54) is 0 Å². The molecule has 2 unspecified atom stereocenters. The summed E-state index contributed by atoms with van der Waals surface area (Å²) in [6.07, 6.45) is 3.60. The second-order valence-electron chi connectivity index (χ2n) is 6.60. The number of rotatable bonds is 2. The predicted molar refractivity (Wildman–Crippen MR) is 81.4 cm³/mol. The minimum atomic E-state index is -0.421. The van der Waals surface area contributed by atoms with Gasteiger partial charge in [0.25, 0.3) is 0 Å². The van der Waals surface area contributed by atoms with Gasteiger partial charge in [-0.1, -0.05) is 33.8 Å². The quantitative estimate of drug-likeness (QED) is 0.761. The van der Waals surface area contributed by atoms with Gasteiger partial charge in [0.15, 0.2) is 0 Å². The number of nitrogens with zero attached hydrogens (tertiary/aromatic N) is 1. The lowest BCUT2D eigenvalue weighted by Crippen LogP contribution is -2.26. The molecule has 0 aromatic carbocycles. The Kier molecular flexibility index (Phi) is 4.95. The predicted octanol–water partition coefficient (Wildman–Crippen LogP) is 4.19. The number of carbonyl (C=O) groups excluding carboxylic acids is 1. The zero-order valence-electron chi connectivity index (χ0n) is 13.7. The Morgan fingerprint density at radius 2 is 1.90 bits per heavy atom. The van der Waals surface area contributed by atoms with Gasteiger partial charge in [-0.25, -0.2) is 0 Å². The maximum atomic E-state index is 12.2. The first-order chi connectivity index (χ1) is 9.23. The van der Waals surface area contributed by atoms with Crippen molar-refractivity contribution < 1.29 is 9.53 Å². The molecule has 1 aromatic heterocycles. The largest absolute Gasteiger partial charge is 0.460 e. The molecule has 3 nitrogen and oxygen atoms in total. The third-order valence-corrected chi connectivity index (χ3v) is 3.53. The number of aromatic nitrogens is 1. The second-order valence-corrected chi connectivity index (χ2v) is 6.60. The Hall–Kier alpha value is -1.38. The maximum absolute atomic E-state index is 12.2. The highest BCUT2D eigenvalue weighted by atomic mass is 16.6. The fourth-order valence-electron chi connectivity index (χ4n) is 2.62.